The zero-order valence-corrected chi connectivity index (χ0v) is 11.8. The Morgan fingerprint density at radius 1 is 1.11 bits per heavy atom. The molecule has 2 aliphatic heterocycles. The number of hydrogen-bond acceptors (Lipinski definition) is 6. The average Bonchev–Trinajstić information content (AvgIpc) is 2.51. The van der Waals surface area contributed by atoms with Gasteiger partial charge in [-0.2, -0.15) is 4.31 Å². The van der Waals surface area contributed by atoms with Crippen LogP contribution in [0.2, 0.25) is 0 Å². The van der Waals surface area contributed by atoms with Gasteiger partial charge in [0, 0.05) is 26.2 Å². The van der Waals surface area contributed by atoms with Crippen molar-refractivity contribution in [3.63, 3.8) is 0 Å². The highest BCUT2D eigenvalue weighted by Gasteiger charge is 2.41. The van der Waals surface area contributed by atoms with Crippen molar-refractivity contribution in [2.45, 2.75) is 12.1 Å². The first-order valence-corrected chi connectivity index (χ1v) is 9.44. The molecule has 2 fully saturated rings. The second-order valence-corrected chi connectivity index (χ2v) is 9.05. The Balaban J connectivity index is 1.99. The van der Waals surface area contributed by atoms with Gasteiger partial charge in [0.05, 0.1) is 29.9 Å². The van der Waals surface area contributed by atoms with Gasteiger partial charge in [0.2, 0.25) is 10.0 Å². The molecular weight excluding hydrogens is 280 g/mol. The van der Waals surface area contributed by atoms with Gasteiger partial charge < -0.3 is 5.11 Å². The van der Waals surface area contributed by atoms with Crippen molar-refractivity contribution in [1.82, 2.24) is 9.21 Å². The van der Waals surface area contributed by atoms with E-state index in [1.54, 1.807) is 0 Å². The van der Waals surface area contributed by atoms with E-state index in [4.69, 9.17) is 0 Å². The van der Waals surface area contributed by atoms with E-state index >= 15 is 0 Å². The van der Waals surface area contributed by atoms with E-state index in [1.807, 2.05) is 4.90 Å². The molecule has 18 heavy (non-hydrogen) atoms. The smallest absolute Gasteiger partial charge is 0.211 e. The summed E-state index contributed by atoms with van der Waals surface area (Å²) in [4.78, 5) is 1.87. The van der Waals surface area contributed by atoms with E-state index in [-0.39, 0.29) is 11.5 Å². The minimum absolute atomic E-state index is 0.0347. The van der Waals surface area contributed by atoms with Crippen LogP contribution in [0.3, 0.4) is 0 Å². The van der Waals surface area contributed by atoms with Crippen molar-refractivity contribution in [2.75, 3.05) is 43.9 Å². The largest absolute Gasteiger partial charge is 0.390 e. The van der Waals surface area contributed by atoms with Crippen molar-refractivity contribution in [2.24, 2.45) is 0 Å². The van der Waals surface area contributed by atoms with Crippen molar-refractivity contribution in [3.8, 4) is 0 Å². The van der Waals surface area contributed by atoms with Gasteiger partial charge in [-0.15, -0.1) is 0 Å². The number of aliphatic hydroxyl groups excluding tert-OH is 1. The molecule has 0 bridgehead atoms. The number of sulfone groups is 1. The van der Waals surface area contributed by atoms with Crippen LogP contribution in [-0.4, -0.2) is 87.2 Å². The minimum Gasteiger partial charge on any atom is -0.390 e. The molecule has 0 saturated carbocycles. The summed E-state index contributed by atoms with van der Waals surface area (Å²) in [6.07, 6.45) is 0.303. The molecule has 0 aromatic carbocycles. The number of nitrogens with zero attached hydrogens (tertiary/aromatic N) is 2. The molecule has 2 heterocycles. The van der Waals surface area contributed by atoms with Crippen LogP contribution < -0.4 is 0 Å². The summed E-state index contributed by atoms with van der Waals surface area (Å²) in [5, 5.41) is 9.75. The molecule has 2 atom stereocenters. The summed E-state index contributed by atoms with van der Waals surface area (Å²) in [5.74, 6) is -0.225. The number of sulfonamides is 1. The molecule has 2 aliphatic rings. The highest BCUT2D eigenvalue weighted by Crippen LogP contribution is 2.20. The highest BCUT2D eigenvalue weighted by atomic mass is 32.2. The lowest BCUT2D eigenvalue weighted by Crippen LogP contribution is -2.54. The van der Waals surface area contributed by atoms with E-state index in [9.17, 15) is 21.9 Å². The monoisotopic (exact) mass is 298 g/mol. The maximum absolute atomic E-state index is 11.4. The van der Waals surface area contributed by atoms with Gasteiger partial charge in [-0.05, 0) is 0 Å². The van der Waals surface area contributed by atoms with E-state index in [0.717, 1.165) is 6.26 Å². The SMILES string of the molecule is CS(=O)(=O)N1CCN(C2CS(=O)(=O)CC2O)CC1. The fraction of sp³-hybridized carbons (Fsp3) is 1.00. The number of piperazine rings is 1. The van der Waals surface area contributed by atoms with E-state index in [2.05, 4.69) is 0 Å². The lowest BCUT2D eigenvalue weighted by Gasteiger charge is -2.37. The molecule has 1 N–H and O–H groups in total. The second-order valence-electron chi connectivity index (χ2n) is 4.91. The molecule has 7 nitrogen and oxygen atoms in total. The molecule has 0 amide bonds. The normalized spacial score (nSPS) is 34.8. The van der Waals surface area contributed by atoms with Crippen molar-refractivity contribution in [3.05, 3.63) is 0 Å². The molecule has 0 aromatic rings. The number of rotatable bonds is 2. The van der Waals surface area contributed by atoms with Crippen LogP contribution in [0.15, 0.2) is 0 Å². The summed E-state index contributed by atoms with van der Waals surface area (Å²) in [6.45, 7) is 1.62. The molecule has 2 rings (SSSR count). The van der Waals surface area contributed by atoms with Crippen LogP contribution in [0.4, 0.5) is 0 Å². The van der Waals surface area contributed by atoms with Gasteiger partial charge >= 0.3 is 0 Å². The van der Waals surface area contributed by atoms with E-state index < -0.39 is 32.0 Å². The molecule has 0 spiro atoms. The maximum atomic E-state index is 11.4. The third-order valence-electron chi connectivity index (χ3n) is 3.50. The van der Waals surface area contributed by atoms with E-state index in [0.29, 0.717) is 26.2 Å². The van der Waals surface area contributed by atoms with Crippen LogP contribution in [0, 0.1) is 0 Å². The Hall–Kier alpha value is -0.220. The van der Waals surface area contributed by atoms with Crippen molar-refractivity contribution in [1.29, 1.82) is 0 Å². The van der Waals surface area contributed by atoms with Crippen LogP contribution in [0.25, 0.3) is 0 Å². The molecule has 0 radical (unpaired) electrons. The zero-order chi connectivity index (χ0) is 13.6. The molecule has 0 aliphatic carbocycles. The second kappa shape index (κ2) is 4.71. The molecule has 2 unspecified atom stereocenters. The van der Waals surface area contributed by atoms with Crippen LogP contribution >= 0.6 is 0 Å². The molecule has 106 valence electrons. The lowest BCUT2D eigenvalue weighted by molar-refractivity contribution is 0.0619. The first-order valence-electron chi connectivity index (χ1n) is 5.77. The van der Waals surface area contributed by atoms with Crippen LogP contribution in [0.5, 0.6) is 0 Å². The minimum atomic E-state index is -3.18. The van der Waals surface area contributed by atoms with Gasteiger partial charge in [0.25, 0.3) is 0 Å². The number of hydrogen-bond donors (Lipinski definition) is 1. The van der Waals surface area contributed by atoms with Gasteiger partial charge in [0.15, 0.2) is 9.84 Å². The van der Waals surface area contributed by atoms with Gasteiger partial charge in [-0.25, -0.2) is 16.8 Å². The predicted molar refractivity (Wildman–Crippen MR) is 66.4 cm³/mol. The highest BCUT2D eigenvalue weighted by molar-refractivity contribution is 7.91. The van der Waals surface area contributed by atoms with Gasteiger partial charge in [0.1, 0.15) is 0 Å². The summed E-state index contributed by atoms with van der Waals surface area (Å²) >= 11 is 0. The van der Waals surface area contributed by atoms with Crippen molar-refractivity contribution >= 4 is 19.9 Å². The lowest BCUT2D eigenvalue weighted by atomic mass is 10.1. The van der Waals surface area contributed by atoms with Crippen LogP contribution in [0.1, 0.15) is 0 Å². The third kappa shape index (κ3) is 3.02. The summed E-state index contributed by atoms with van der Waals surface area (Å²) in [7, 11) is -6.34. The van der Waals surface area contributed by atoms with E-state index in [1.165, 1.54) is 4.31 Å². The molecule has 9 heteroatoms. The Morgan fingerprint density at radius 2 is 1.67 bits per heavy atom. The maximum Gasteiger partial charge on any atom is 0.211 e. The van der Waals surface area contributed by atoms with Gasteiger partial charge in [-0.3, -0.25) is 4.90 Å². The Kier molecular flexibility index (Phi) is 3.72. The first kappa shape index (κ1) is 14.2. The fourth-order valence-electron chi connectivity index (χ4n) is 2.53. The fourth-order valence-corrected chi connectivity index (χ4v) is 5.18. The quantitative estimate of drug-likeness (QED) is 0.617. The Morgan fingerprint density at radius 3 is 2.06 bits per heavy atom. The summed E-state index contributed by atoms with van der Waals surface area (Å²) in [5.41, 5.74) is 0. The molecule has 0 aromatic heterocycles. The van der Waals surface area contributed by atoms with Crippen molar-refractivity contribution < 1.29 is 21.9 Å². The molecular formula is C9H18N2O5S2. The first-order chi connectivity index (χ1) is 8.19. The standard InChI is InChI=1S/C9H18N2O5S2/c1-17(13,14)11-4-2-10(3-5-11)8-6-18(15,16)7-9(8)12/h8-9,12H,2-7H2,1H3. The molecule has 2 saturated heterocycles. The van der Waals surface area contributed by atoms with Crippen LogP contribution in [-0.2, 0) is 19.9 Å². The predicted octanol–water partition coefficient (Wildman–Crippen LogP) is -2.28. The summed E-state index contributed by atoms with van der Waals surface area (Å²) < 4.78 is 46.9. The third-order valence-corrected chi connectivity index (χ3v) is 6.51. The summed E-state index contributed by atoms with van der Waals surface area (Å²) in [6, 6.07) is -0.392. The zero-order valence-electron chi connectivity index (χ0n) is 10.2. The number of aliphatic hydroxyl groups is 1. The Bertz CT molecular complexity index is 507. The topological polar surface area (TPSA) is 95.0 Å². The van der Waals surface area contributed by atoms with Gasteiger partial charge in [-0.1, -0.05) is 0 Å². The average molecular weight is 298 g/mol. The Labute approximate surface area is 107 Å².